The molecule has 0 amide bonds. The summed E-state index contributed by atoms with van der Waals surface area (Å²) >= 11 is 0. The molecule has 1 heterocycles. The average Bonchev–Trinajstić information content (AvgIpc) is 2.29. The molecule has 1 aromatic rings. The van der Waals surface area contributed by atoms with Crippen molar-refractivity contribution in [2.24, 2.45) is 11.7 Å². The van der Waals surface area contributed by atoms with Crippen molar-refractivity contribution in [2.75, 3.05) is 18.0 Å². The fraction of sp³-hybridized carbons (Fsp3) is 0.600. The summed E-state index contributed by atoms with van der Waals surface area (Å²) in [6.45, 7) is 6.74. The highest BCUT2D eigenvalue weighted by Gasteiger charge is 2.22. The third-order valence-electron chi connectivity index (χ3n) is 3.58. The van der Waals surface area contributed by atoms with Crippen LogP contribution in [0.25, 0.3) is 0 Å². The molecule has 17 heavy (non-hydrogen) atoms. The standard InChI is InChI=1S/C15H24N2/c1-3-6-12(2)10-17-11-14(16)9-13-7-4-5-8-15(13)17/h4-5,7-8,12,14H,3,6,9-11,16H2,1-2H3. The monoisotopic (exact) mass is 232 g/mol. The van der Waals surface area contributed by atoms with E-state index in [0.29, 0.717) is 6.04 Å². The summed E-state index contributed by atoms with van der Waals surface area (Å²) in [6, 6.07) is 8.99. The van der Waals surface area contributed by atoms with Crippen LogP contribution < -0.4 is 10.6 Å². The Bertz CT molecular complexity index is 362. The van der Waals surface area contributed by atoms with Crippen LogP contribution in [0.5, 0.6) is 0 Å². The lowest BCUT2D eigenvalue weighted by molar-refractivity contribution is 0.488. The Balaban J connectivity index is 2.12. The van der Waals surface area contributed by atoms with E-state index in [4.69, 9.17) is 5.73 Å². The molecule has 0 aromatic heterocycles. The van der Waals surface area contributed by atoms with E-state index in [-0.39, 0.29) is 0 Å². The second kappa shape index (κ2) is 5.54. The molecule has 1 aliphatic heterocycles. The molecule has 0 saturated carbocycles. The maximum absolute atomic E-state index is 6.15. The van der Waals surface area contributed by atoms with Crippen molar-refractivity contribution in [1.82, 2.24) is 0 Å². The van der Waals surface area contributed by atoms with Gasteiger partial charge in [-0.3, -0.25) is 0 Å². The summed E-state index contributed by atoms with van der Waals surface area (Å²) < 4.78 is 0. The summed E-state index contributed by atoms with van der Waals surface area (Å²) in [5.41, 5.74) is 8.96. The molecule has 2 nitrogen and oxygen atoms in total. The van der Waals surface area contributed by atoms with E-state index in [1.165, 1.54) is 24.1 Å². The molecule has 2 heteroatoms. The van der Waals surface area contributed by atoms with Crippen molar-refractivity contribution in [3.05, 3.63) is 29.8 Å². The first-order valence-corrected chi connectivity index (χ1v) is 6.79. The molecule has 0 bridgehead atoms. The fourth-order valence-electron chi connectivity index (χ4n) is 2.85. The van der Waals surface area contributed by atoms with Gasteiger partial charge >= 0.3 is 0 Å². The molecule has 0 spiro atoms. The van der Waals surface area contributed by atoms with Crippen LogP contribution in [-0.4, -0.2) is 19.1 Å². The third-order valence-corrected chi connectivity index (χ3v) is 3.58. The summed E-state index contributed by atoms with van der Waals surface area (Å²) in [4.78, 5) is 2.48. The van der Waals surface area contributed by atoms with E-state index in [2.05, 4.69) is 43.0 Å². The number of para-hydroxylation sites is 1. The number of hydrogen-bond donors (Lipinski definition) is 1. The van der Waals surface area contributed by atoms with Crippen LogP contribution in [0.2, 0.25) is 0 Å². The smallest absolute Gasteiger partial charge is 0.0399 e. The van der Waals surface area contributed by atoms with Crippen molar-refractivity contribution in [3.63, 3.8) is 0 Å². The van der Waals surface area contributed by atoms with E-state index < -0.39 is 0 Å². The zero-order valence-corrected chi connectivity index (χ0v) is 11.0. The van der Waals surface area contributed by atoms with Gasteiger partial charge in [-0.25, -0.2) is 0 Å². The lowest BCUT2D eigenvalue weighted by atomic mass is 9.96. The Morgan fingerprint density at radius 2 is 2.18 bits per heavy atom. The van der Waals surface area contributed by atoms with Gasteiger partial charge in [0.15, 0.2) is 0 Å². The summed E-state index contributed by atoms with van der Waals surface area (Å²) in [6.07, 6.45) is 3.59. The van der Waals surface area contributed by atoms with Gasteiger partial charge in [-0.15, -0.1) is 0 Å². The van der Waals surface area contributed by atoms with E-state index in [9.17, 15) is 0 Å². The molecule has 1 aromatic carbocycles. The van der Waals surface area contributed by atoms with E-state index >= 15 is 0 Å². The first kappa shape index (κ1) is 12.4. The predicted octanol–water partition coefficient (Wildman–Crippen LogP) is 2.81. The molecule has 1 aliphatic rings. The normalized spacial score (nSPS) is 21.1. The second-order valence-electron chi connectivity index (χ2n) is 5.39. The predicted molar refractivity (Wildman–Crippen MR) is 74.4 cm³/mol. The maximum atomic E-state index is 6.15. The minimum Gasteiger partial charge on any atom is -0.369 e. The molecule has 2 atom stereocenters. The number of nitrogens with two attached hydrogens (primary N) is 1. The van der Waals surface area contributed by atoms with Crippen molar-refractivity contribution >= 4 is 5.69 Å². The molecule has 2 N–H and O–H groups in total. The van der Waals surface area contributed by atoms with Gasteiger partial charge in [0.25, 0.3) is 0 Å². The summed E-state index contributed by atoms with van der Waals surface area (Å²) in [7, 11) is 0. The molecule has 0 radical (unpaired) electrons. The van der Waals surface area contributed by atoms with E-state index in [1.807, 2.05) is 0 Å². The summed E-state index contributed by atoms with van der Waals surface area (Å²) in [5, 5.41) is 0. The average molecular weight is 232 g/mol. The van der Waals surface area contributed by atoms with Crippen LogP contribution in [0.3, 0.4) is 0 Å². The van der Waals surface area contributed by atoms with Gasteiger partial charge in [0, 0.05) is 24.8 Å². The number of anilines is 1. The Morgan fingerprint density at radius 3 is 2.94 bits per heavy atom. The summed E-state index contributed by atoms with van der Waals surface area (Å²) in [5.74, 6) is 0.748. The lowest BCUT2D eigenvalue weighted by Gasteiger charge is -2.36. The van der Waals surface area contributed by atoms with Crippen LogP contribution in [0, 0.1) is 5.92 Å². The second-order valence-corrected chi connectivity index (χ2v) is 5.39. The number of rotatable bonds is 4. The van der Waals surface area contributed by atoms with E-state index in [1.54, 1.807) is 0 Å². The highest BCUT2D eigenvalue weighted by Crippen LogP contribution is 2.27. The maximum Gasteiger partial charge on any atom is 0.0399 e. The molecule has 2 unspecified atom stereocenters. The lowest BCUT2D eigenvalue weighted by Crippen LogP contribution is -2.44. The molecule has 0 fully saturated rings. The zero-order valence-electron chi connectivity index (χ0n) is 11.0. The van der Waals surface area contributed by atoms with E-state index in [0.717, 1.165) is 25.4 Å². The fourth-order valence-corrected chi connectivity index (χ4v) is 2.85. The zero-order chi connectivity index (χ0) is 12.3. The molecule has 2 rings (SSSR count). The number of hydrogen-bond acceptors (Lipinski definition) is 2. The molecular weight excluding hydrogens is 208 g/mol. The van der Waals surface area contributed by atoms with Gasteiger partial charge in [-0.05, 0) is 30.4 Å². The van der Waals surface area contributed by atoms with Crippen LogP contribution >= 0.6 is 0 Å². The van der Waals surface area contributed by atoms with Crippen molar-refractivity contribution in [3.8, 4) is 0 Å². The minimum absolute atomic E-state index is 0.290. The Labute approximate surface area is 105 Å². The van der Waals surface area contributed by atoms with Gasteiger partial charge < -0.3 is 10.6 Å². The number of fused-ring (bicyclic) bond motifs is 1. The highest BCUT2D eigenvalue weighted by molar-refractivity contribution is 5.56. The van der Waals surface area contributed by atoms with Gasteiger partial charge in [0.05, 0.1) is 0 Å². The third kappa shape index (κ3) is 3.01. The van der Waals surface area contributed by atoms with Gasteiger partial charge in [-0.1, -0.05) is 38.5 Å². The first-order valence-electron chi connectivity index (χ1n) is 6.79. The van der Waals surface area contributed by atoms with Gasteiger partial charge in [-0.2, -0.15) is 0 Å². The quantitative estimate of drug-likeness (QED) is 0.865. The van der Waals surface area contributed by atoms with Crippen molar-refractivity contribution < 1.29 is 0 Å². The Morgan fingerprint density at radius 1 is 1.41 bits per heavy atom. The highest BCUT2D eigenvalue weighted by atomic mass is 15.2. The topological polar surface area (TPSA) is 29.3 Å². The minimum atomic E-state index is 0.290. The molecule has 0 aliphatic carbocycles. The molecular formula is C15H24N2. The van der Waals surface area contributed by atoms with Gasteiger partial charge in [0.1, 0.15) is 0 Å². The SMILES string of the molecule is CCCC(C)CN1CC(N)Cc2ccccc21. The number of benzene rings is 1. The Hall–Kier alpha value is -1.02. The van der Waals surface area contributed by atoms with Crippen LogP contribution in [0.15, 0.2) is 24.3 Å². The van der Waals surface area contributed by atoms with Crippen LogP contribution in [-0.2, 0) is 6.42 Å². The van der Waals surface area contributed by atoms with Crippen LogP contribution in [0.1, 0.15) is 32.3 Å². The molecule has 94 valence electrons. The Kier molecular flexibility index (Phi) is 4.06. The van der Waals surface area contributed by atoms with Gasteiger partial charge in [0.2, 0.25) is 0 Å². The first-order chi connectivity index (χ1) is 8.20. The largest absolute Gasteiger partial charge is 0.369 e. The number of nitrogens with zero attached hydrogens (tertiary/aromatic N) is 1. The van der Waals surface area contributed by atoms with Crippen molar-refractivity contribution in [1.29, 1.82) is 0 Å². The molecule has 0 saturated heterocycles. The van der Waals surface area contributed by atoms with Crippen LogP contribution in [0.4, 0.5) is 5.69 Å². The van der Waals surface area contributed by atoms with Crippen molar-refractivity contribution in [2.45, 2.75) is 39.2 Å².